The normalized spacial score (nSPS) is 12.8. The van der Waals surface area contributed by atoms with E-state index in [9.17, 15) is 10.1 Å². The van der Waals surface area contributed by atoms with E-state index in [0.29, 0.717) is 23.6 Å². The Balaban J connectivity index is 1.66. The highest BCUT2D eigenvalue weighted by Crippen LogP contribution is 2.35. The molecular formula is C24H18ClN3OS. The molecule has 2 heterocycles. The Hall–Kier alpha value is -2.94. The third-order valence-electron chi connectivity index (χ3n) is 5.58. The first-order valence-corrected chi connectivity index (χ1v) is 11.1. The number of fused-ring (bicyclic) bond motifs is 3. The van der Waals surface area contributed by atoms with Gasteiger partial charge in [0, 0.05) is 16.3 Å². The van der Waals surface area contributed by atoms with Crippen molar-refractivity contribution in [3.05, 3.63) is 96.9 Å². The molecule has 6 heteroatoms. The second kappa shape index (κ2) is 7.71. The van der Waals surface area contributed by atoms with Gasteiger partial charge in [0.1, 0.15) is 10.7 Å². The van der Waals surface area contributed by atoms with Crippen molar-refractivity contribution in [3.8, 4) is 6.07 Å². The summed E-state index contributed by atoms with van der Waals surface area (Å²) in [5.41, 5.74) is 3.76. The molecule has 30 heavy (non-hydrogen) atoms. The number of hydrogen-bond acceptors (Lipinski definition) is 4. The summed E-state index contributed by atoms with van der Waals surface area (Å²) in [7, 11) is 0. The fourth-order valence-electron chi connectivity index (χ4n) is 4.12. The lowest BCUT2D eigenvalue weighted by Crippen LogP contribution is -2.26. The van der Waals surface area contributed by atoms with Crippen LogP contribution in [0.3, 0.4) is 0 Å². The molecule has 0 saturated carbocycles. The molecule has 0 spiro atoms. The van der Waals surface area contributed by atoms with Crippen molar-refractivity contribution in [3.63, 3.8) is 0 Å². The number of halogens is 1. The van der Waals surface area contributed by atoms with Crippen molar-refractivity contribution >= 4 is 33.2 Å². The maximum absolute atomic E-state index is 13.6. The molecule has 0 amide bonds. The van der Waals surface area contributed by atoms with E-state index in [1.54, 1.807) is 22.0 Å². The maximum atomic E-state index is 13.6. The molecule has 5 rings (SSSR count). The minimum absolute atomic E-state index is 0.0192. The molecule has 0 fully saturated rings. The molecule has 0 aliphatic heterocycles. The highest BCUT2D eigenvalue weighted by atomic mass is 35.5. The smallest absolute Gasteiger partial charge is 0.262 e. The average Bonchev–Trinajstić information content (AvgIpc) is 3.33. The van der Waals surface area contributed by atoms with Crippen LogP contribution in [0, 0.1) is 11.3 Å². The molecule has 1 aliphatic rings. The standard InChI is InChI=1S/C24H18ClN3OS/c25-18-9-7-15(8-10-18)12-21-27-23-22(19-5-2-6-20(19)30-23)24(29)28(21)14-17-4-1-3-16(11-17)13-26/h1,3-4,7-11H,2,5-6,12,14H2. The van der Waals surface area contributed by atoms with Gasteiger partial charge in [-0.2, -0.15) is 5.26 Å². The van der Waals surface area contributed by atoms with Crippen molar-refractivity contribution < 1.29 is 0 Å². The quantitative estimate of drug-likeness (QED) is 0.451. The van der Waals surface area contributed by atoms with Crippen LogP contribution < -0.4 is 5.56 Å². The number of rotatable bonds is 4. The van der Waals surface area contributed by atoms with Crippen LogP contribution >= 0.6 is 22.9 Å². The van der Waals surface area contributed by atoms with Crippen LogP contribution in [0.5, 0.6) is 0 Å². The predicted octanol–water partition coefficient (Wildman–Crippen LogP) is 5.11. The summed E-state index contributed by atoms with van der Waals surface area (Å²) in [4.78, 5) is 20.7. The molecule has 2 aromatic heterocycles. The van der Waals surface area contributed by atoms with E-state index in [1.807, 2.05) is 42.5 Å². The second-order valence-electron chi connectivity index (χ2n) is 7.57. The van der Waals surface area contributed by atoms with Crippen molar-refractivity contribution in [2.75, 3.05) is 0 Å². The van der Waals surface area contributed by atoms with Gasteiger partial charge in [0.2, 0.25) is 0 Å². The first-order chi connectivity index (χ1) is 14.6. The molecule has 0 bridgehead atoms. The zero-order chi connectivity index (χ0) is 20.7. The lowest BCUT2D eigenvalue weighted by atomic mass is 10.1. The Labute approximate surface area is 183 Å². The molecule has 0 saturated heterocycles. The SMILES string of the molecule is N#Cc1cccc(Cn2c(Cc3ccc(Cl)cc3)nc3sc4c(c3c2=O)CCC4)c1. The maximum Gasteiger partial charge on any atom is 0.262 e. The van der Waals surface area contributed by atoms with Crippen LogP contribution in [0.2, 0.25) is 5.02 Å². The van der Waals surface area contributed by atoms with Gasteiger partial charge in [-0.3, -0.25) is 9.36 Å². The number of thiophene rings is 1. The zero-order valence-corrected chi connectivity index (χ0v) is 17.8. The van der Waals surface area contributed by atoms with Crippen LogP contribution in [0.4, 0.5) is 0 Å². The van der Waals surface area contributed by atoms with Crippen molar-refractivity contribution in [1.29, 1.82) is 5.26 Å². The fourth-order valence-corrected chi connectivity index (χ4v) is 5.52. The minimum Gasteiger partial charge on any atom is -0.291 e. The van der Waals surface area contributed by atoms with E-state index in [4.69, 9.17) is 16.6 Å². The summed E-state index contributed by atoms with van der Waals surface area (Å²) < 4.78 is 1.78. The molecule has 0 N–H and O–H groups in total. The van der Waals surface area contributed by atoms with Gasteiger partial charge in [-0.25, -0.2) is 4.98 Å². The van der Waals surface area contributed by atoms with Crippen molar-refractivity contribution in [2.24, 2.45) is 0 Å². The molecule has 4 aromatic rings. The molecule has 1 aliphatic carbocycles. The summed E-state index contributed by atoms with van der Waals surface area (Å²) in [6.07, 6.45) is 3.63. The molecule has 148 valence electrons. The third kappa shape index (κ3) is 3.43. The number of hydrogen-bond donors (Lipinski definition) is 0. The van der Waals surface area contributed by atoms with Gasteiger partial charge < -0.3 is 0 Å². The first kappa shape index (κ1) is 19.0. The van der Waals surface area contributed by atoms with Crippen LogP contribution in [-0.4, -0.2) is 9.55 Å². The van der Waals surface area contributed by atoms with Crippen LogP contribution in [0.1, 0.15) is 39.4 Å². The van der Waals surface area contributed by atoms with Gasteiger partial charge in [0.15, 0.2) is 0 Å². The second-order valence-corrected chi connectivity index (χ2v) is 9.09. The van der Waals surface area contributed by atoms with E-state index in [-0.39, 0.29) is 5.56 Å². The lowest BCUT2D eigenvalue weighted by molar-refractivity contribution is 0.694. The van der Waals surface area contributed by atoms with Gasteiger partial charge in [-0.05, 0) is 60.2 Å². The summed E-state index contributed by atoms with van der Waals surface area (Å²) in [6, 6.07) is 17.2. The van der Waals surface area contributed by atoms with Gasteiger partial charge >= 0.3 is 0 Å². The Morgan fingerprint density at radius 3 is 2.77 bits per heavy atom. The van der Waals surface area contributed by atoms with Crippen LogP contribution in [0.15, 0.2) is 53.3 Å². The van der Waals surface area contributed by atoms with E-state index >= 15 is 0 Å². The first-order valence-electron chi connectivity index (χ1n) is 9.90. The molecular weight excluding hydrogens is 414 g/mol. The molecule has 0 atom stereocenters. The van der Waals surface area contributed by atoms with Crippen LogP contribution in [-0.2, 0) is 25.8 Å². The Bertz CT molecular complexity index is 1360. The highest BCUT2D eigenvalue weighted by molar-refractivity contribution is 7.18. The summed E-state index contributed by atoms with van der Waals surface area (Å²) >= 11 is 7.69. The van der Waals surface area contributed by atoms with Gasteiger partial charge in [-0.1, -0.05) is 35.9 Å². The van der Waals surface area contributed by atoms with E-state index in [2.05, 4.69) is 6.07 Å². The molecule has 4 nitrogen and oxygen atoms in total. The Morgan fingerprint density at radius 1 is 1.13 bits per heavy atom. The largest absolute Gasteiger partial charge is 0.291 e. The van der Waals surface area contributed by atoms with Gasteiger partial charge in [0.25, 0.3) is 5.56 Å². The summed E-state index contributed by atoms with van der Waals surface area (Å²) in [5, 5.41) is 10.7. The number of aryl methyl sites for hydroxylation is 2. The summed E-state index contributed by atoms with van der Waals surface area (Å²) in [6.45, 7) is 0.394. The minimum atomic E-state index is 0.0192. The fraction of sp³-hybridized carbons (Fsp3) is 0.208. The molecule has 2 aromatic carbocycles. The van der Waals surface area contributed by atoms with Gasteiger partial charge in [-0.15, -0.1) is 11.3 Å². The third-order valence-corrected chi connectivity index (χ3v) is 7.01. The van der Waals surface area contributed by atoms with Gasteiger partial charge in [0.05, 0.1) is 23.6 Å². The molecule has 0 unspecified atom stereocenters. The molecule has 0 radical (unpaired) electrons. The number of benzene rings is 2. The Kier molecular flexibility index (Phi) is 4.90. The lowest BCUT2D eigenvalue weighted by Gasteiger charge is -2.13. The summed E-state index contributed by atoms with van der Waals surface area (Å²) in [5.74, 6) is 0.733. The van der Waals surface area contributed by atoms with Crippen molar-refractivity contribution in [2.45, 2.75) is 32.2 Å². The topological polar surface area (TPSA) is 58.7 Å². The monoisotopic (exact) mass is 431 g/mol. The predicted molar refractivity (Wildman–Crippen MR) is 120 cm³/mol. The number of nitriles is 1. The number of aromatic nitrogens is 2. The average molecular weight is 432 g/mol. The Morgan fingerprint density at radius 2 is 1.97 bits per heavy atom. The van der Waals surface area contributed by atoms with E-state index in [0.717, 1.165) is 46.4 Å². The number of nitrogens with zero attached hydrogens (tertiary/aromatic N) is 3. The zero-order valence-electron chi connectivity index (χ0n) is 16.2. The van der Waals surface area contributed by atoms with Crippen LogP contribution in [0.25, 0.3) is 10.2 Å². The highest BCUT2D eigenvalue weighted by Gasteiger charge is 2.23. The van der Waals surface area contributed by atoms with E-state index in [1.165, 1.54) is 10.4 Å². The van der Waals surface area contributed by atoms with Crippen molar-refractivity contribution in [1.82, 2.24) is 9.55 Å². The van der Waals surface area contributed by atoms with E-state index < -0.39 is 0 Å².